The second-order valence-corrected chi connectivity index (χ2v) is 6.45. The van der Waals surface area contributed by atoms with Crippen molar-refractivity contribution in [2.75, 3.05) is 6.61 Å². The zero-order chi connectivity index (χ0) is 17.6. The van der Waals surface area contributed by atoms with Crippen LogP contribution in [0.3, 0.4) is 0 Å². The Kier molecular flexibility index (Phi) is 13.0. The van der Waals surface area contributed by atoms with Crippen LogP contribution >= 0.6 is 7.82 Å². The summed E-state index contributed by atoms with van der Waals surface area (Å²) in [5.41, 5.74) is 1.37. The molecule has 0 fully saturated rings. The molecule has 23 heavy (non-hydrogen) atoms. The summed E-state index contributed by atoms with van der Waals surface area (Å²) in [6, 6.07) is 8.44. The van der Waals surface area contributed by atoms with Crippen LogP contribution in [-0.2, 0) is 11.0 Å². The van der Waals surface area contributed by atoms with Gasteiger partial charge < -0.3 is 19.4 Å². The molecule has 0 spiro atoms. The number of benzene rings is 1. The van der Waals surface area contributed by atoms with Crippen molar-refractivity contribution < 1.29 is 24.0 Å². The molecule has 0 radical (unpaired) electrons. The second kappa shape index (κ2) is 13.6. The molecule has 6 heteroatoms. The molecule has 0 aliphatic carbocycles. The minimum Gasteiger partial charge on any atom is -0.494 e. The fraction of sp³-hybridized carbons (Fsp3) is 0.647. The minimum absolute atomic E-state index is 0.758. The van der Waals surface area contributed by atoms with Gasteiger partial charge in [0.15, 0.2) is 0 Å². The smallest absolute Gasteiger partial charge is 0.466 e. The van der Waals surface area contributed by atoms with Crippen LogP contribution in [0.25, 0.3) is 0 Å². The second-order valence-electron chi connectivity index (χ2n) is 5.43. The Bertz CT molecular complexity index is 436. The molecule has 0 unspecified atom stereocenters. The molecule has 0 heterocycles. The molecule has 1 aromatic rings. The lowest BCUT2D eigenvalue weighted by atomic mass is 10.0. The summed E-state index contributed by atoms with van der Waals surface area (Å²) in [7, 11) is -4.64. The van der Waals surface area contributed by atoms with Gasteiger partial charge in [0.25, 0.3) is 0 Å². The fourth-order valence-electron chi connectivity index (χ4n) is 2.28. The first-order valence-electron chi connectivity index (χ1n) is 8.37. The van der Waals surface area contributed by atoms with E-state index in [1.165, 1.54) is 50.5 Å². The summed E-state index contributed by atoms with van der Waals surface area (Å²) in [6.07, 6.45) is 10.7. The van der Waals surface area contributed by atoms with Crippen LogP contribution in [-0.4, -0.2) is 21.3 Å². The largest absolute Gasteiger partial charge is 0.494 e. The van der Waals surface area contributed by atoms with Gasteiger partial charge in [0.2, 0.25) is 0 Å². The van der Waals surface area contributed by atoms with Crippen molar-refractivity contribution in [3.63, 3.8) is 0 Å². The standard InChI is InChI=1S/C17H28O.H3O4P/c1-3-5-6-7-8-9-10-13-16-14-11-12-15-17(16)18-4-2;1-5(2,3)4/h11-12,14-15H,3-10,13H2,1-2H3;(H3,1,2,3,4). The van der Waals surface area contributed by atoms with Crippen LogP contribution in [0.1, 0.15) is 64.4 Å². The maximum absolute atomic E-state index is 8.88. The highest BCUT2D eigenvalue weighted by Crippen LogP contribution is 2.25. The van der Waals surface area contributed by atoms with Gasteiger partial charge in [-0.1, -0.05) is 63.6 Å². The van der Waals surface area contributed by atoms with E-state index in [4.69, 9.17) is 24.0 Å². The van der Waals surface area contributed by atoms with Gasteiger partial charge in [0.1, 0.15) is 5.75 Å². The SMILES string of the molecule is CCCCCCCCCc1ccccc1OCC.O=P(O)(O)O. The van der Waals surface area contributed by atoms with E-state index in [0.717, 1.165) is 18.8 Å². The summed E-state index contributed by atoms with van der Waals surface area (Å²) in [4.78, 5) is 21.6. The number of ether oxygens (including phenoxy) is 1. The van der Waals surface area contributed by atoms with E-state index in [1.54, 1.807) is 0 Å². The van der Waals surface area contributed by atoms with Gasteiger partial charge in [-0.05, 0) is 31.4 Å². The number of aryl methyl sites for hydroxylation is 1. The molecule has 134 valence electrons. The van der Waals surface area contributed by atoms with Crippen molar-refractivity contribution in [2.24, 2.45) is 0 Å². The summed E-state index contributed by atoms with van der Waals surface area (Å²) in [5.74, 6) is 1.07. The van der Waals surface area contributed by atoms with E-state index in [-0.39, 0.29) is 0 Å². The van der Waals surface area contributed by atoms with Crippen molar-refractivity contribution in [1.29, 1.82) is 0 Å². The predicted molar refractivity (Wildman–Crippen MR) is 93.6 cm³/mol. The molecular weight excluding hydrogens is 315 g/mol. The van der Waals surface area contributed by atoms with E-state index in [2.05, 4.69) is 31.2 Å². The topological polar surface area (TPSA) is 87.0 Å². The third-order valence-electron chi connectivity index (χ3n) is 3.32. The van der Waals surface area contributed by atoms with Crippen LogP contribution in [0.15, 0.2) is 24.3 Å². The summed E-state index contributed by atoms with van der Waals surface area (Å²) in [6.45, 7) is 5.07. The molecule has 0 aliphatic heterocycles. The number of rotatable bonds is 10. The monoisotopic (exact) mass is 346 g/mol. The van der Waals surface area contributed by atoms with Crippen molar-refractivity contribution >= 4 is 7.82 Å². The molecule has 0 atom stereocenters. The molecular formula is C17H31O5P. The number of para-hydroxylation sites is 1. The Morgan fingerprint density at radius 1 is 0.913 bits per heavy atom. The molecule has 0 saturated carbocycles. The number of hydrogen-bond donors (Lipinski definition) is 3. The Labute approximate surface area is 139 Å². The highest BCUT2D eigenvalue weighted by Gasteiger charge is 2.02. The minimum atomic E-state index is -4.64. The van der Waals surface area contributed by atoms with Crippen LogP contribution in [0, 0.1) is 0 Å². The van der Waals surface area contributed by atoms with Gasteiger partial charge in [0, 0.05) is 0 Å². The van der Waals surface area contributed by atoms with Crippen LogP contribution < -0.4 is 4.74 Å². The van der Waals surface area contributed by atoms with E-state index in [1.807, 2.05) is 6.92 Å². The average molecular weight is 346 g/mol. The maximum Gasteiger partial charge on any atom is 0.466 e. The fourth-order valence-corrected chi connectivity index (χ4v) is 2.28. The summed E-state index contributed by atoms with van der Waals surface area (Å²) < 4.78 is 14.5. The Morgan fingerprint density at radius 2 is 1.43 bits per heavy atom. The quantitative estimate of drug-likeness (QED) is 0.430. The van der Waals surface area contributed by atoms with Crippen LogP contribution in [0.5, 0.6) is 5.75 Å². The zero-order valence-electron chi connectivity index (χ0n) is 14.3. The highest BCUT2D eigenvalue weighted by atomic mass is 31.2. The summed E-state index contributed by atoms with van der Waals surface area (Å²) >= 11 is 0. The molecule has 0 amide bonds. The predicted octanol–water partition coefficient (Wildman–Crippen LogP) is 4.45. The first kappa shape index (κ1) is 22.1. The maximum atomic E-state index is 8.88. The van der Waals surface area contributed by atoms with Crippen LogP contribution in [0.4, 0.5) is 0 Å². The molecule has 5 nitrogen and oxygen atoms in total. The lowest BCUT2D eigenvalue weighted by Crippen LogP contribution is -1.96. The molecule has 1 rings (SSSR count). The van der Waals surface area contributed by atoms with Gasteiger partial charge in [-0.25, -0.2) is 4.57 Å². The third-order valence-corrected chi connectivity index (χ3v) is 3.32. The Balaban J connectivity index is 0.000000841. The highest BCUT2D eigenvalue weighted by molar-refractivity contribution is 7.45. The number of phosphoric acid groups is 1. The molecule has 0 bridgehead atoms. The molecule has 1 aromatic carbocycles. The van der Waals surface area contributed by atoms with Crippen molar-refractivity contribution in [2.45, 2.75) is 65.2 Å². The molecule has 0 aliphatic rings. The van der Waals surface area contributed by atoms with Crippen molar-refractivity contribution in [1.82, 2.24) is 0 Å². The van der Waals surface area contributed by atoms with E-state index >= 15 is 0 Å². The van der Waals surface area contributed by atoms with Gasteiger partial charge in [-0.15, -0.1) is 0 Å². The molecule has 0 saturated heterocycles. The van der Waals surface area contributed by atoms with Gasteiger partial charge >= 0.3 is 7.82 Å². The Morgan fingerprint density at radius 3 is 2.00 bits per heavy atom. The first-order valence-corrected chi connectivity index (χ1v) is 9.94. The number of unbranched alkanes of at least 4 members (excludes halogenated alkanes) is 6. The third kappa shape index (κ3) is 15.8. The first-order chi connectivity index (χ1) is 10.9. The molecule has 3 N–H and O–H groups in total. The van der Waals surface area contributed by atoms with E-state index < -0.39 is 7.82 Å². The normalized spacial score (nSPS) is 10.8. The van der Waals surface area contributed by atoms with Crippen molar-refractivity contribution in [3.8, 4) is 5.75 Å². The lowest BCUT2D eigenvalue weighted by molar-refractivity contribution is 0.275. The van der Waals surface area contributed by atoms with Gasteiger partial charge in [-0.2, -0.15) is 0 Å². The van der Waals surface area contributed by atoms with E-state index in [9.17, 15) is 0 Å². The zero-order valence-corrected chi connectivity index (χ0v) is 15.2. The Hall–Kier alpha value is -0.870. The average Bonchev–Trinajstić information content (AvgIpc) is 2.46. The van der Waals surface area contributed by atoms with Gasteiger partial charge in [0.05, 0.1) is 6.61 Å². The van der Waals surface area contributed by atoms with E-state index in [0.29, 0.717) is 0 Å². The van der Waals surface area contributed by atoms with Crippen LogP contribution in [0.2, 0.25) is 0 Å². The van der Waals surface area contributed by atoms with Gasteiger partial charge in [-0.3, -0.25) is 0 Å². The molecule has 0 aromatic heterocycles. The lowest BCUT2D eigenvalue weighted by Gasteiger charge is -2.09. The van der Waals surface area contributed by atoms with Crippen molar-refractivity contribution in [3.05, 3.63) is 29.8 Å². The summed E-state index contributed by atoms with van der Waals surface area (Å²) in [5, 5.41) is 0. The number of hydrogen-bond acceptors (Lipinski definition) is 2.